The van der Waals surface area contributed by atoms with E-state index < -0.39 is 0 Å². The lowest BCUT2D eigenvalue weighted by Gasteiger charge is -2.42. The molecule has 15 rings (SSSR count). The Morgan fingerprint density at radius 2 is 1.26 bits per heavy atom. The van der Waals surface area contributed by atoms with Crippen molar-refractivity contribution in [3.63, 3.8) is 0 Å². The molecule has 3 aromatic heterocycles. The van der Waals surface area contributed by atoms with Crippen LogP contribution in [0.25, 0.3) is 94.2 Å². The van der Waals surface area contributed by atoms with E-state index in [1.165, 1.54) is 102 Å². The fourth-order valence-electron chi connectivity index (χ4n) is 13.4. The van der Waals surface area contributed by atoms with Gasteiger partial charge in [-0.1, -0.05) is 129 Å². The van der Waals surface area contributed by atoms with Gasteiger partial charge >= 0.3 is 6.85 Å². The maximum Gasteiger partial charge on any atom is 0.333 e. The number of furan rings is 1. The molecule has 0 spiro atoms. The summed E-state index contributed by atoms with van der Waals surface area (Å²) in [5.41, 5.74) is 25.2. The molecule has 6 heteroatoms. The molecule has 5 nitrogen and oxygen atoms in total. The first-order valence-electron chi connectivity index (χ1n) is 25.3. The summed E-state index contributed by atoms with van der Waals surface area (Å²) >= 11 is 0. The maximum absolute atomic E-state index is 6.73. The summed E-state index contributed by atoms with van der Waals surface area (Å²) in [6.07, 6.45) is 2.38. The molecule has 0 unspecified atom stereocenters. The molecule has 70 heavy (non-hydrogen) atoms. The summed E-state index contributed by atoms with van der Waals surface area (Å²) in [7, 11) is 0. The van der Waals surface area contributed by atoms with Crippen LogP contribution in [0.15, 0.2) is 148 Å². The second kappa shape index (κ2) is 13.1. The molecule has 2 aliphatic carbocycles. The minimum absolute atomic E-state index is 0.00786. The summed E-state index contributed by atoms with van der Waals surface area (Å²) in [5.74, 6) is 0.622. The number of aromatic nitrogens is 2. The second-order valence-electron chi connectivity index (χ2n) is 23.8. The van der Waals surface area contributed by atoms with Crippen LogP contribution in [0, 0.1) is 0 Å². The molecule has 8 aromatic carbocycles. The van der Waals surface area contributed by atoms with E-state index in [1.54, 1.807) is 0 Å². The van der Waals surface area contributed by atoms with E-state index in [0.717, 1.165) is 49.8 Å². The Morgan fingerprint density at radius 1 is 0.543 bits per heavy atom. The van der Waals surface area contributed by atoms with Gasteiger partial charge in [-0.3, -0.25) is 0 Å². The first-order valence-corrected chi connectivity index (χ1v) is 25.3. The van der Waals surface area contributed by atoms with Gasteiger partial charge in [-0.15, -0.1) is 0 Å². The maximum atomic E-state index is 6.73. The zero-order valence-electron chi connectivity index (χ0n) is 41.4. The van der Waals surface area contributed by atoms with Crippen LogP contribution in [0.2, 0.25) is 0 Å². The highest BCUT2D eigenvalue weighted by atomic mass is 16.3. The van der Waals surface area contributed by atoms with Crippen molar-refractivity contribution in [2.45, 2.75) is 96.8 Å². The Balaban J connectivity index is 1.07. The topological polar surface area (TPSA) is 47.3 Å². The average molecular weight is 908 g/mol. The lowest BCUT2D eigenvalue weighted by molar-refractivity contribution is 0.331. The molecule has 0 amide bonds. The molecule has 0 atom stereocenters. The van der Waals surface area contributed by atoms with Crippen molar-refractivity contribution >= 4 is 84.0 Å². The number of anilines is 2. The Labute approximate surface area is 408 Å². The van der Waals surface area contributed by atoms with E-state index in [2.05, 4.69) is 193 Å². The van der Waals surface area contributed by atoms with Crippen LogP contribution in [0.3, 0.4) is 0 Å². The number of rotatable bonds is 2. The highest BCUT2D eigenvalue weighted by molar-refractivity contribution is 6.93. The van der Waals surface area contributed by atoms with Crippen LogP contribution in [-0.2, 0) is 21.7 Å². The predicted molar refractivity (Wildman–Crippen MR) is 292 cm³/mol. The van der Waals surface area contributed by atoms with E-state index >= 15 is 0 Å². The van der Waals surface area contributed by atoms with Gasteiger partial charge in [0.25, 0.3) is 0 Å². The first kappa shape index (κ1) is 40.6. The Hall–Kier alpha value is -7.31. The van der Waals surface area contributed by atoms with Crippen molar-refractivity contribution in [2.24, 2.45) is 0 Å². The van der Waals surface area contributed by atoms with Gasteiger partial charge in [0.2, 0.25) is 5.89 Å². The summed E-state index contributed by atoms with van der Waals surface area (Å²) in [6, 6.07) is 52.5. The summed E-state index contributed by atoms with van der Waals surface area (Å²) in [4.78, 5) is 7.90. The quantitative estimate of drug-likeness (QED) is 0.162. The van der Waals surface area contributed by atoms with Gasteiger partial charge in [0.05, 0.1) is 11.0 Å². The van der Waals surface area contributed by atoms with Gasteiger partial charge in [-0.05, 0) is 145 Å². The molecule has 2 aliphatic heterocycles. The third-order valence-corrected chi connectivity index (χ3v) is 17.4. The molecule has 0 bridgehead atoms. The number of hydrogen-bond acceptors (Lipinski definition) is 4. The zero-order chi connectivity index (χ0) is 47.5. The molecule has 0 saturated carbocycles. The predicted octanol–water partition coefficient (Wildman–Crippen LogP) is 15.7. The third-order valence-electron chi connectivity index (χ3n) is 17.4. The fraction of sp³-hybridized carbons (Fsp3) is 0.234. The normalized spacial score (nSPS) is 16.8. The smallest absolute Gasteiger partial charge is 0.333 e. The van der Waals surface area contributed by atoms with E-state index in [9.17, 15) is 0 Å². The fourth-order valence-corrected chi connectivity index (χ4v) is 13.4. The lowest BCUT2D eigenvalue weighted by Crippen LogP contribution is -2.60. The average Bonchev–Trinajstić information content (AvgIpc) is 4.09. The van der Waals surface area contributed by atoms with E-state index in [4.69, 9.17) is 13.8 Å². The van der Waals surface area contributed by atoms with Gasteiger partial charge in [-0.25, -0.2) is 4.98 Å². The SMILES string of the molecule is CC(C)(C)c1ccc(N2B3c4cc5nc(-c6ccccc6)oc5cc4-n4c5cc6oc7ccccc7c6cc5c5ccc(c3c54)-c3cc4c(cc32)C(C)(C)c2cc3c(cc2-4)C(C)(C)CCC3(C)C)cc1. The van der Waals surface area contributed by atoms with E-state index in [1.807, 2.05) is 18.2 Å². The van der Waals surface area contributed by atoms with Gasteiger partial charge in [0.1, 0.15) is 16.7 Å². The lowest BCUT2D eigenvalue weighted by atomic mass is 9.44. The van der Waals surface area contributed by atoms with Gasteiger partial charge in [-0.2, -0.15) is 0 Å². The van der Waals surface area contributed by atoms with Crippen molar-refractivity contribution < 1.29 is 8.83 Å². The van der Waals surface area contributed by atoms with Crippen molar-refractivity contribution in [1.82, 2.24) is 9.55 Å². The van der Waals surface area contributed by atoms with Crippen LogP contribution in [0.1, 0.15) is 103 Å². The number of oxazole rings is 1. The van der Waals surface area contributed by atoms with Crippen LogP contribution < -0.4 is 15.7 Å². The Morgan fingerprint density at radius 3 is 2.03 bits per heavy atom. The first-order chi connectivity index (χ1) is 33.5. The summed E-state index contributed by atoms with van der Waals surface area (Å²) in [5, 5.41) is 4.70. The molecule has 340 valence electrons. The van der Waals surface area contributed by atoms with Crippen LogP contribution in [-0.4, -0.2) is 16.4 Å². The molecule has 0 fully saturated rings. The largest absolute Gasteiger partial charge is 0.456 e. The Bertz CT molecular complexity index is 4140. The molecule has 11 aromatic rings. The standard InChI is InChI=1S/C64H54BN3O2/c1-61(2,3)36-19-21-37(22-20-36)68-53-31-47-41(42-29-48-49(30-46(42)64(47,8)9)63(6,7)26-25-62(48,4)5)27-43(53)39-23-24-40-44-28-45-38-17-13-14-18-55(38)69-56(45)33-52(44)67-54-34-57-51(32-50(54)65(68)58(39)59(40)67)66-60(70-57)35-15-11-10-12-16-35/h10-24,27-34H,25-26H2,1-9H3. The second-order valence-corrected chi connectivity index (χ2v) is 23.8. The van der Waals surface area contributed by atoms with Gasteiger partial charge < -0.3 is 18.2 Å². The van der Waals surface area contributed by atoms with Gasteiger partial charge in [0, 0.05) is 67.3 Å². The van der Waals surface area contributed by atoms with E-state index in [0.29, 0.717) is 5.89 Å². The highest BCUT2D eigenvalue weighted by Crippen LogP contribution is 2.58. The number of hydrogen-bond donors (Lipinski definition) is 0. The zero-order valence-corrected chi connectivity index (χ0v) is 41.4. The minimum Gasteiger partial charge on any atom is -0.456 e. The van der Waals surface area contributed by atoms with Crippen LogP contribution >= 0.6 is 0 Å². The number of para-hydroxylation sites is 1. The third kappa shape index (κ3) is 5.21. The highest BCUT2D eigenvalue weighted by Gasteiger charge is 2.48. The number of fused-ring (bicyclic) bond motifs is 16. The molecule has 5 heterocycles. The number of nitrogens with zero attached hydrogens (tertiary/aromatic N) is 3. The Kier molecular flexibility index (Phi) is 7.59. The monoisotopic (exact) mass is 907 g/mol. The molecular weight excluding hydrogens is 854 g/mol. The van der Waals surface area contributed by atoms with Crippen molar-refractivity contribution in [1.29, 1.82) is 0 Å². The molecule has 4 aliphatic rings. The van der Waals surface area contributed by atoms with Crippen molar-refractivity contribution in [2.75, 3.05) is 4.81 Å². The van der Waals surface area contributed by atoms with Gasteiger partial charge in [0.15, 0.2) is 5.58 Å². The van der Waals surface area contributed by atoms with Crippen LogP contribution in [0.5, 0.6) is 0 Å². The van der Waals surface area contributed by atoms with Crippen molar-refractivity contribution in [3.8, 4) is 39.4 Å². The summed E-state index contributed by atoms with van der Waals surface area (Å²) < 4.78 is 15.9. The molecule has 0 radical (unpaired) electrons. The molecule has 0 saturated heterocycles. The number of benzene rings is 8. The minimum atomic E-state index is -0.211. The molecule has 0 N–H and O–H groups in total. The van der Waals surface area contributed by atoms with E-state index in [-0.39, 0.29) is 28.5 Å². The molecular formula is C64H54BN3O2. The van der Waals surface area contributed by atoms with Crippen LogP contribution in [0.4, 0.5) is 11.4 Å². The summed E-state index contributed by atoms with van der Waals surface area (Å²) in [6.45, 7) is 21.5. The van der Waals surface area contributed by atoms with Crippen molar-refractivity contribution in [3.05, 3.63) is 167 Å².